The summed E-state index contributed by atoms with van der Waals surface area (Å²) in [5.74, 6) is -0.187. The monoisotopic (exact) mass is 354 g/mol. The molecular weight excluding hydrogens is 328 g/mol. The van der Waals surface area contributed by atoms with Gasteiger partial charge < -0.3 is 10.1 Å². The number of nitrogens with one attached hydrogen (secondary N) is 1. The Morgan fingerprint density at radius 1 is 1.23 bits per heavy atom. The van der Waals surface area contributed by atoms with Crippen LogP contribution < -0.4 is 5.32 Å². The van der Waals surface area contributed by atoms with E-state index in [1.807, 2.05) is 31.2 Å². The van der Waals surface area contributed by atoms with Crippen LogP contribution in [-0.2, 0) is 9.53 Å². The SMILES string of the molecule is Cc1cc(C(=O)O[C@H](C)C(=O)NCC2CCCCC2)c2ccccc2n1. The summed E-state index contributed by atoms with van der Waals surface area (Å²) < 4.78 is 5.42. The number of aromatic nitrogens is 1. The van der Waals surface area contributed by atoms with E-state index < -0.39 is 12.1 Å². The predicted molar refractivity (Wildman–Crippen MR) is 101 cm³/mol. The van der Waals surface area contributed by atoms with E-state index in [1.165, 1.54) is 19.3 Å². The lowest BCUT2D eigenvalue weighted by atomic mass is 9.89. The molecule has 1 atom stereocenters. The average molecular weight is 354 g/mol. The van der Waals surface area contributed by atoms with E-state index in [1.54, 1.807) is 13.0 Å². The molecule has 1 N–H and O–H groups in total. The Morgan fingerprint density at radius 2 is 1.96 bits per heavy atom. The summed E-state index contributed by atoms with van der Waals surface area (Å²) >= 11 is 0. The molecule has 1 fully saturated rings. The van der Waals surface area contributed by atoms with Gasteiger partial charge in [0.25, 0.3) is 5.91 Å². The Bertz CT molecular complexity index is 797. The molecular formula is C21H26N2O3. The van der Waals surface area contributed by atoms with E-state index in [9.17, 15) is 9.59 Å². The molecule has 1 aromatic heterocycles. The van der Waals surface area contributed by atoms with Crippen molar-refractivity contribution >= 4 is 22.8 Å². The van der Waals surface area contributed by atoms with Crippen LogP contribution >= 0.6 is 0 Å². The Hall–Kier alpha value is -2.43. The molecule has 5 heteroatoms. The topological polar surface area (TPSA) is 68.3 Å². The third kappa shape index (κ3) is 4.40. The lowest BCUT2D eigenvalue weighted by Crippen LogP contribution is -2.38. The Balaban J connectivity index is 1.63. The van der Waals surface area contributed by atoms with Crippen LogP contribution in [0.2, 0.25) is 0 Å². The molecule has 3 rings (SSSR count). The Kier molecular flexibility index (Phi) is 5.86. The number of aryl methyl sites for hydroxylation is 1. The number of hydrogen-bond donors (Lipinski definition) is 1. The number of para-hydroxylation sites is 1. The first-order valence-corrected chi connectivity index (χ1v) is 9.39. The maximum absolute atomic E-state index is 12.6. The van der Waals surface area contributed by atoms with Gasteiger partial charge in [-0.15, -0.1) is 0 Å². The fourth-order valence-corrected chi connectivity index (χ4v) is 3.53. The zero-order valence-electron chi connectivity index (χ0n) is 15.5. The van der Waals surface area contributed by atoms with Gasteiger partial charge in [0.2, 0.25) is 0 Å². The number of hydrogen-bond acceptors (Lipinski definition) is 4. The van der Waals surface area contributed by atoms with Crippen molar-refractivity contribution in [2.45, 2.75) is 52.1 Å². The second-order valence-corrected chi connectivity index (χ2v) is 7.13. The molecule has 1 saturated carbocycles. The number of ether oxygens (including phenoxy) is 1. The number of esters is 1. The fraction of sp³-hybridized carbons (Fsp3) is 0.476. The molecule has 0 bridgehead atoms. The summed E-state index contributed by atoms with van der Waals surface area (Å²) in [5.41, 5.74) is 1.93. The summed E-state index contributed by atoms with van der Waals surface area (Å²) in [6.07, 6.45) is 5.27. The van der Waals surface area contributed by atoms with Gasteiger partial charge in [0, 0.05) is 17.6 Å². The largest absolute Gasteiger partial charge is 0.449 e. The van der Waals surface area contributed by atoms with E-state index in [0.29, 0.717) is 18.0 Å². The van der Waals surface area contributed by atoms with E-state index in [-0.39, 0.29) is 5.91 Å². The zero-order chi connectivity index (χ0) is 18.5. The maximum Gasteiger partial charge on any atom is 0.339 e. The maximum atomic E-state index is 12.6. The Labute approximate surface area is 154 Å². The molecule has 0 unspecified atom stereocenters. The van der Waals surface area contributed by atoms with Crippen molar-refractivity contribution in [2.75, 3.05) is 6.54 Å². The van der Waals surface area contributed by atoms with Crippen molar-refractivity contribution in [1.82, 2.24) is 10.3 Å². The molecule has 1 aliphatic rings. The second kappa shape index (κ2) is 8.30. The highest BCUT2D eigenvalue weighted by atomic mass is 16.5. The van der Waals surface area contributed by atoms with Gasteiger partial charge in [-0.05, 0) is 44.7 Å². The van der Waals surface area contributed by atoms with Gasteiger partial charge in [0.1, 0.15) is 0 Å². The molecule has 26 heavy (non-hydrogen) atoms. The number of amides is 1. The minimum Gasteiger partial charge on any atom is -0.449 e. The predicted octanol–water partition coefficient (Wildman–Crippen LogP) is 3.79. The molecule has 0 aliphatic heterocycles. The van der Waals surface area contributed by atoms with Gasteiger partial charge in [-0.3, -0.25) is 9.78 Å². The van der Waals surface area contributed by atoms with Crippen molar-refractivity contribution in [3.05, 3.63) is 41.6 Å². The van der Waals surface area contributed by atoms with E-state index >= 15 is 0 Å². The highest BCUT2D eigenvalue weighted by Crippen LogP contribution is 2.23. The van der Waals surface area contributed by atoms with Crippen molar-refractivity contribution in [3.8, 4) is 0 Å². The molecule has 0 radical (unpaired) electrons. The molecule has 1 aromatic carbocycles. The number of pyridine rings is 1. The lowest BCUT2D eigenvalue weighted by molar-refractivity contribution is -0.129. The zero-order valence-corrected chi connectivity index (χ0v) is 15.5. The third-order valence-electron chi connectivity index (χ3n) is 5.01. The van der Waals surface area contributed by atoms with Crippen molar-refractivity contribution in [1.29, 1.82) is 0 Å². The van der Waals surface area contributed by atoms with Crippen molar-refractivity contribution in [3.63, 3.8) is 0 Å². The summed E-state index contributed by atoms with van der Waals surface area (Å²) in [5, 5.41) is 3.66. The molecule has 138 valence electrons. The quantitative estimate of drug-likeness (QED) is 0.830. The van der Waals surface area contributed by atoms with E-state index in [2.05, 4.69) is 10.3 Å². The number of nitrogens with zero attached hydrogens (tertiary/aromatic N) is 1. The summed E-state index contributed by atoms with van der Waals surface area (Å²) in [6, 6.07) is 9.14. The summed E-state index contributed by atoms with van der Waals surface area (Å²) in [6.45, 7) is 4.12. The van der Waals surface area contributed by atoms with Crippen LogP contribution in [0.4, 0.5) is 0 Å². The lowest BCUT2D eigenvalue weighted by Gasteiger charge is -2.22. The van der Waals surface area contributed by atoms with Crippen LogP contribution in [0.15, 0.2) is 30.3 Å². The molecule has 1 heterocycles. The highest BCUT2D eigenvalue weighted by Gasteiger charge is 2.22. The van der Waals surface area contributed by atoms with Gasteiger partial charge in [0.05, 0.1) is 11.1 Å². The van der Waals surface area contributed by atoms with Crippen LogP contribution in [0.25, 0.3) is 10.9 Å². The smallest absolute Gasteiger partial charge is 0.339 e. The molecule has 1 amide bonds. The van der Waals surface area contributed by atoms with Gasteiger partial charge in [-0.25, -0.2) is 4.79 Å². The van der Waals surface area contributed by atoms with Crippen molar-refractivity contribution in [2.24, 2.45) is 5.92 Å². The van der Waals surface area contributed by atoms with Crippen LogP contribution in [0, 0.1) is 12.8 Å². The van der Waals surface area contributed by atoms with Crippen molar-refractivity contribution < 1.29 is 14.3 Å². The molecule has 0 saturated heterocycles. The number of carbonyl (C=O) groups excluding carboxylic acids is 2. The normalized spacial score (nSPS) is 16.2. The number of fused-ring (bicyclic) bond motifs is 1. The molecule has 5 nitrogen and oxygen atoms in total. The molecule has 1 aliphatic carbocycles. The van der Waals surface area contributed by atoms with Crippen LogP contribution in [0.1, 0.15) is 55.1 Å². The van der Waals surface area contributed by atoms with Crippen LogP contribution in [0.5, 0.6) is 0 Å². The minimum atomic E-state index is -0.821. The summed E-state index contributed by atoms with van der Waals surface area (Å²) in [4.78, 5) is 29.3. The number of rotatable bonds is 5. The van der Waals surface area contributed by atoms with Gasteiger partial charge in [-0.1, -0.05) is 37.5 Å². The van der Waals surface area contributed by atoms with Crippen LogP contribution in [-0.4, -0.2) is 29.5 Å². The second-order valence-electron chi connectivity index (χ2n) is 7.13. The minimum absolute atomic E-state index is 0.237. The molecule has 2 aromatic rings. The van der Waals surface area contributed by atoms with Gasteiger partial charge in [-0.2, -0.15) is 0 Å². The van der Waals surface area contributed by atoms with Crippen LogP contribution in [0.3, 0.4) is 0 Å². The third-order valence-corrected chi connectivity index (χ3v) is 5.01. The Morgan fingerprint density at radius 3 is 2.73 bits per heavy atom. The first-order valence-electron chi connectivity index (χ1n) is 9.39. The van der Waals surface area contributed by atoms with Gasteiger partial charge in [0.15, 0.2) is 6.10 Å². The van der Waals surface area contributed by atoms with E-state index in [4.69, 9.17) is 4.74 Å². The average Bonchev–Trinajstić information content (AvgIpc) is 2.66. The number of carbonyl (C=O) groups is 2. The fourth-order valence-electron chi connectivity index (χ4n) is 3.53. The highest BCUT2D eigenvalue weighted by molar-refractivity contribution is 6.04. The number of benzene rings is 1. The first-order chi connectivity index (χ1) is 12.5. The molecule has 0 spiro atoms. The van der Waals surface area contributed by atoms with Gasteiger partial charge >= 0.3 is 5.97 Å². The van der Waals surface area contributed by atoms with E-state index in [0.717, 1.165) is 29.4 Å². The first kappa shape index (κ1) is 18.4. The standard InChI is InChI=1S/C21H26N2O3/c1-14-12-18(17-10-6-7-11-19(17)23-14)21(25)26-15(2)20(24)22-13-16-8-4-3-5-9-16/h6-7,10-12,15-16H,3-5,8-9,13H2,1-2H3,(H,22,24)/t15-/m1/s1. The summed E-state index contributed by atoms with van der Waals surface area (Å²) in [7, 11) is 0.